The van der Waals surface area contributed by atoms with Gasteiger partial charge in [0.1, 0.15) is 6.29 Å². The Kier molecular flexibility index (Phi) is 5.49. The van der Waals surface area contributed by atoms with Gasteiger partial charge in [-0.1, -0.05) is 24.3 Å². The van der Waals surface area contributed by atoms with Crippen LogP contribution in [0, 0.1) is 0 Å². The molecular weight excluding hydrogens is 483 g/mol. The topological polar surface area (TPSA) is 84.1 Å². The van der Waals surface area contributed by atoms with E-state index in [0.717, 1.165) is 29.8 Å². The van der Waals surface area contributed by atoms with Crippen LogP contribution < -0.4 is 5.32 Å². The van der Waals surface area contributed by atoms with E-state index in [-0.39, 0.29) is 11.9 Å². The molecule has 4 aliphatic rings. The van der Waals surface area contributed by atoms with Gasteiger partial charge in [-0.25, -0.2) is 19.4 Å². The Morgan fingerprint density at radius 2 is 2.08 bits per heavy atom. The number of fused-ring (bicyclic) bond motifs is 3. The maximum Gasteiger partial charge on any atom is 0.234 e. The molecule has 9 heteroatoms. The van der Waals surface area contributed by atoms with Crippen molar-refractivity contribution in [2.75, 3.05) is 20.2 Å². The molecule has 1 N–H and O–H groups in total. The zero-order valence-corrected chi connectivity index (χ0v) is 21.4. The highest BCUT2D eigenvalue weighted by Gasteiger charge is 2.60. The molecule has 4 atom stereocenters. The minimum Gasteiger partial charge on any atom is -0.481 e. The number of ether oxygens (including phenoxy) is 1. The first-order valence-electron chi connectivity index (χ1n) is 13.4. The molecule has 1 aliphatic carbocycles. The van der Waals surface area contributed by atoms with Crippen LogP contribution in [0.1, 0.15) is 42.9 Å². The summed E-state index contributed by atoms with van der Waals surface area (Å²) in [6.45, 7) is 1.26. The smallest absolute Gasteiger partial charge is 0.234 e. The number of dihydropyridines is 1. The molecule has 3 aromatic rings. The van der Waals surface area contributed by atoms with Crippen molar-refractivity contribution < 1.29 is 13.9 Å². The minimum absolute atomic E-state index is 0.0567. The number of alkyl halides is 1. The predicted molar refractivity (Wildman–Crippen MR) is 142 cm³/mol. The largest absolute Gasteiger partial charge is 0.481 e. The molecule has 0 radical (unpaired) electrons. The normalized spacial score (nSPS) is 30.9. The monoisotopic (exact) mass is 514 g/mol. The number of rotatable bonds is 6. The van der Waals surface area contributed by atoms with Gasteiger partial charge in [-0.05, 0) is 49.3 Å². The summed E-state index contributed by atoms with van der Waals surface area (Å²) in [6.07, 6.45) is 12.0. The zero-order chi connectivity index (χ0) is 25.9. The number of benzene rings is 1. The van der Waals surface area contributed by atoms with Crippen molar-refractivity contribution in [1.82, 2.24) is 24.6 Å². The van der Waals surface area contributed by atoms with Gasteiger partial charge >= 0.3 is 0 Å². The number of nitrogens with zero attached hydrogens (tertiary/aromatic N) is 5. The van der Waals surface area contributed by atoms with Crippen LogP contribution >= 0.6 is 0 Å². The van der Waals surface area contributed by atoms with Crippen LogP contribution in [-0.2, 0) is 16.0 Å². The van der Waals surface area contributed by atoms with Crippen LogP contribution in [0.15, 0.2) is 59.9 Å². The van der Waals surface area contributed by atoms with Crippen LogP contribution in [0.3, 0.4) is 0 Å². The van der Waals surface area contributed by atoms with Gasteiger partial charge in [-0.3, -0.25) is 9.30 Å². The molecule has 5 heterocycles. The zero-order valence-electron chi connectivity index (χ0n) is 21.4. The van der Waals surface area contributed by atoms with Crippen molar-refractivity contribution in [3.8, 4) is 11.3 Å². The third kappa shape index (κ3) is 3.63. The molecule has 8 nitrogen and oxygen atoms in total. The van der Waals surface area contributed by atoms with E-state index in [4.69, 9.17) is 9.72 Å². The summed E-state index contributed by atoms with van der Waals surface area (Å²) in [4.78, 5) is 27.8. The number of hydrogen-bond donors (Lipinski definition) is 1. The van der Waals surface area contributed by atoms with E-state index in [9.17, 15) is 4.79 Å². The fourth-order valence-electron chi connectivity index (χ4n) is 6.79. The van der Waals surface area contributed by atoms with E-state index in [1.165, 1.54) is 31.6 Å². The second kappa shape index (κ2) is 8.81. The number of aliphatic imine (C=N–C) groups is 1. The molecule has 2 bridgehead atoms. The standard InChI is InChI=1S/C29H31FN6O2/c1-38-25-10-12-29(30,24(17-37)33-25)36-22-9-11-28(36,18-31-16-22)15-23-26(34-27-32-13-2-14-35(23)27)21-7-5-20(6-8-21)19-3-4-19/h2,5-8,10,12-14,17,19,22,24,31H,3-4,9,11,15-16,18H2,1H3. The van der Waals surface area contributed by atoms with Gasteiger partial charge in [-0.2, -0.15) is 0 Å². The molecule has 1 aromatic carbocycles. The first-order chi connectivity index (χ1) is 18.5. The van der Waals surface area contributed by atoms with E-state index in [1.54, 1.807) is 12.3 Å². The maximum atomic E-state index is 17.1. The summed E-state index contributed by atoms with van der Waals surface area (Å²) in [5.74, 6) is -0.481. The lowest BCUT2D eigenvalue weighted by molar-refractivity contribution is -0.126. The summed E-state index contributed by atoms with van der Waals surface area (Å²) in [6, 6.07) is 9.35. The SMILES string of the molecule is COC1=NC(C=O)C(F)(N2C3CCC2(Cc2c(-c4ccc(C5CC5)cc4)nc4ncccn24)CNC3)C=C1. The van der Waals surface area contributed by atoms with Crippen molar-refractivity contribution >= 4 is 18.0 Å². The van der Waals surface area contributed by atoms with Crippen LogP contribution in [-0.4, -0.2) is 75.1 Å². The molecule has 3 fully saturated rings. The average Bonchev–Trinajstić information content (AvgIpc) is 3.70. The molecule has 1 saturated carbocycles. The molecule has 0 amide bonds. The summed E-state index contributed by atoms with van der Waals surface area (Å²) in [5.41, 5.74) is 3.69. The maximum absolute atomic E-state index is 17.1. The van der Waals surface area contributed by atoms with Crippen molar-refractivity contribution in [3.63, 3.8) is 0 Å². The van der Waals surface area contributed by atoms with Crippen LogP contribution in [0.2, 0.25) is 0 Å². The van der Waals surface area contributed by atoms with E-state index in [2.05, 4.69) is 39.6 Å². The van der Waals surface area contributed by atoms with E-state index < -0.39 is 17.4 Å². The molecule has 3 aliphatic heterocycles. The highest BCUT2D eigenvalue weighted by atomic mass is 19.1. The summed E-state index contributed by atoms with van der Waals surface area (Å²) < 4.78 is 24.3. The van der Waals surface area contributed by atoms with Crippen molar-refractivity contribution in [3.05, 3.63) is 66.1 Å². The Bertz CT molecular complexity index is 1440. The molecule has 4 unspecified atom stereocenters. The average molecular weight is 515 g/mol. The van der Waals surface area contributed by atoms with Crippen molar-refractivity contribution in [2.24, 2.45) is 4.99 Å². The fraction of sp³-hybridized carbons (Fsp3) is 0.448. The number of aromatic nitrogens is 3. The number of carbonyl (C=O) groups is 1. The van der Waals surface area contributed by atoms with Gasteiger partial charge in [0, 0.05) is 55.1 Å². The third-order valence-corrected chi connectivity index (χ3v) is 8.73. The van der Waals surface area contributed by atoms with Crippen molar-refractivity contribution in [1.29, 1.82) is 0 Å². The Balaban J connectivity index is 1.32. The van der Waals surface area contributed by atoms with Gasteiger partial charge < -0.3 is 14.8 Å². The summed E-state index contributed by atoms with van der Waals surface area (Å²) in [5, 5.41) is 3.55. The molecule has 2 aromatic heterocycles. The molecule has 2 saturated heterocycles. The molecule has 196 valence electrons. The third-order valence-electron chi connectivity index (χ3n) is 8.73. The Morgan fingerprint density at radius 1 is 1.24 bits per heavy atom. The number of hydrogen-bond acceptors (Lipinski definition) is 7. The van der Waals surface area contributed by atoms with Gasteiger partial charge in [0.2, 0.25) is 17.5 Å². The summed E-state index contributed by atoms with van der Waals surface area (Å²) >= 11 is 0. The number of methoxy groups -OCH3 is 1. The van der Waals surface area contributed by atoms with Gasteiger partial charge in [-0.15, -0.1) is 0 Å². The highest BCUT2D eigenvalue weighted by Crippen LogP contribution is 2.48. The minimum atomic E-state index is -2.04. The van der Waals surface area contributed by atoms with E-state index in [0.29, 0.717) is 37.5 Å². The van der Waals surface area contributed by atoms with Crippen LogP contribution in [0.5, 0.6) is 0 Å². The van der Waals surface area contributed by atoms with E-state index in [1.807, 2.05) is 21.6 Å². The first kappa shape index (κ1) is 23.7. The lowest BCUT2D eigenvalue weighted by Gasteiger charge is -2.52. The fourth-order valence-corrected chi connectivity index (χ4v) is 6.79. The number of nitrogens with one attached hydrogen (secondary N) is 1. The van der Waals surface area contributed by atoms with Gasteiger partial charge in [0.05, 0.1) is 18.5 Å². The van der Waals surface area contributed by atoms with Crippen molar-refractivity contribution in [2.45, 2.75) is 61.4 Å². The number of halogens is 1. The molecule has 7 rings (SSSR count). The number of piperazine rings is 1. The van der Waals surface area contributed by atoms with Crippen LogP contribution in [0.4, 0.5) is 4.39 Å². The molecule has 38 heavy (non-hydrogen) atoms. The highest BCUT2D eigenvalue weighted by molar-refractivity contribution is 5.90. The molecule has 0 spiro atoms. The quantitative estimate of drug-likeness (QED) is 0.401. The lowest BCUT2D eigenvalue weighted by atomic mass is 9.85. The Morgan fingerprint density at radius 3 is 2.84 bits per heavy atom. The first-order valence-corrected chi connectivity index (χ1v) is 13.4. The summed E-state index contributed by atoms with van der Waals surface area (Å²) in [7, 11) is 1.48. The Labute approximate surface area is 220 Å². The number of imidazole rings is 1. The van der Waals surface area contributed by atoms with E-state index >= 15 is 4.39 Å². The lowest BCUT2D eigenvalue weighted by Crippen LogP contribution is -2.70. The second-order valence-corrected chi connectivity index (χ2v) is 11.0. The van der Waals surface area contributed by atoms with Gasteiger partial charge in [0.15, 0.2) is 6.04 Å². The Hall–Kier alpha value is -3.43. The molecular formula is C29H31FN6O2. The van der Waals surface area contributed by atoms with Gasteiger partial charge in [0.25, 0.3) is 0 Å². The van der Waals surface area contributed by atoms with Crippen LogP contribution in [0.25, 0.3) is 17.0 Å². The number of carbonyl (C=O) groups excluding carboxylic acids is 1. The second-order valence-electron chi connectivity index (χ2n) is 11.0. The predicted octanol–water partition coefficient (Wildman–Crippen LogP) is 3.47. The number of aldehydes is 1.